The van der Waals surface area contributed by atoms with Gasteiger partial charge in [-0.3, -0.25) is 14.3 Å². The molecule has 31 heavy (non-hydrogen) atoms. The van der Waals surface area contributed by atoms with Crippen molar-refractivity contribution in [3.05, 3.63) is 82.0 Å². The first-order valence-corrected chi connectivity index (χ1v) is 10.7. The third-order valence-corrected chi connectivity index (χ3v) is 6.60. The molecule has 3 aromatic rings. The lowest BCUT2D eigenvalue weighted by Crippen LogP contribution is -2.51. The van der Waals surface area contributed by atoms with Crippen LogP contribution >= 0.6 is 0 Å². The maximum absolute atomic E-state index is 13.1. The molecule has 7 nitrogen and oxygen atoms in total. The minimum Gasteiger partial charge on any atom is -0.497 e. The summed E-state index contributed by atoms with van der Waals surface area (Å²) in [6.45, 7) is 1.24. The molecule has 0 saturated carbocycles. The second-order valence-corrected chi connectivity index (χ2v) is 8.56. The molecule has 0 radical (unpaired) electrons. The number of pyridine rings is 1. The summed E-state index contributed by atoms with van der Waals surface area (Å²) < 4.78 is 9.01. The fourth-order valence-corrected chi connectivity index (χ4v) is 5.20. The molecule has 1 saturated heterocycles. The third-order valence-electron chi connectivity index (χ3n) is 6.60. The summed E-state index contributed by atoms with van der Waals surface area (Å²) in [6.07, 6.45) is 3.49. The van der Waals surface area contributed by atoms with E-state index in [4.69, 9.17) is 4.74 Å². The Morgan fingerprint density at radius 3 is 2.77 bits per heavy atom. The van der Waals surface area contributed by atoms with E-state index >= 15 is 0 Å². The van der Waals surface area contributed by atoms with E-state index in [0.717, 1.165) is 29.8 Å². The second kappa shape index (κ2) is 7.72. The molecule has 1 fully saturated rings. The quantitative estimate of drug-likeness (QED) is 0.653. The van der Waals surface area contributed by atoms with Crippen LogP contribution in [0, 0.1) is 5.92 Å². The fourth-order valence-electron chi connectivity index (χ4n) is 5.20. The molecule has 2 aromatic heterocycles. The molecule has 5 rings (SSSR count). The van der Waals surface area contributed by atoms with Crippen LogP contribution in [0.4, 0.5) is 0 Å². The predicted molar refractivity (Wildman–Crippen MR) is 116 cm³/mol. The summed E-state index contributed by atoms with van der Waals surface area (Å²) in [7, 11) is 3.47. The van der Waals surface area contributed by atoms with Crippen molar-refractivity contribution in [3.8, 4) is 5.75 Å². The Hall–Kier alpha value is -3.35. The van der Waals surface area contributed by atoms with Crippen LogP contribution in [0.2, 0.25) is 0 Å². The second-order valence-electron chi connectivity index (χ2n) is 8.56. The maximum atomic E-state index is 13.1. The third kappa shape index (κ3) is 3.54. The number of amides is 1. The number of carbonyl (C=O) groups is 1. The van der Waals surface area contributed by atoms with E-state index in [0.29, 0.717) is 18.8 Å². The van der Waals surface area contributed by atoms with Crippen LogP contribution in [0.3, 0.4) is 0 Å². The number of hydrogen-bond acceptors (Lipinski definition) is 4. The van der Waals surface area contributed by atoms with E-state index in [2.05, 4.69) is 11.2 Å². The molecule has 1 aromatic carbocycles. The molecule has 2 bridgehead atoms. The lowest BCUT2D eigenvalue weighted by molar-refractivity contribution is 0.0522. The van der Waals surface area contributed by atoms with Crippen LogP contribution in [0.5, 0.6) is 5.75 Å². The minimum absolute atomic E-state index is 0.00797. The molecule has 1 amide bonds. The topological polar surface area (TPSA) is 69.4 Å². The Morgan fingerprint density at radius 1 is 1.16 bits per heavy atom. The number of aromatic nitrogens is 3. The summed E-state index contributed by atoms with van der Waals surface area (Å²) in [5, 5.41) is 4.30. The van der Waals surface area contributed by atoms with Gasteiger partial charge in [0.1, 0.15) is 11.4 Å². The number of rotatable bonds is 4. The Morgan fingerprint density at radius 2 is 2.00 bits per heavy atom. The monoisotopic (exact) mass is 418 g/mol. The first-order chi connectivity index (χ1) is 15.0. The zero-order chi connectivity index (χ0) is 21.5. The van der Waals surface area contributed by atoms with Gasteiger partial charge in [0.2, 0.25) is 0 Å². The van der Waals surface area contributed by atoms with E-state index in [1.54, 1.807) is 30.1 Å². The average Bonchev–Trinajstić information content (AvgIpc) is 3.22. The minimum atomic E-state index is -0.0397. The molecule has 0 N–H and O–H groups in total. The Kier molecular flexibility index (Phi) is 4.88. The van der Waals surface area contributed by atoms with E-state index in [-0.39, 0.29) is 29.3 Å². The smallest absolute Gasteiger partial charge is 0.274 e. The Labute approximate surface area is 180 Å². The van der Waals surface area contributed by atoms with Crippen molar-refractivity contribution >= 4 is 5.91 Å². The zero-order valence-electron chi connectivity index (χ0n) is 17.8. The predicted octanol–water partition coefficient (Wildman–Crippen LogP) is 2.63. The summed E-state index contributed by atoms with van der Waals surface area (Å²) >= 11 is 0. The highest BCUT2D eigenvalue weighted by Crippen LogP contribution is 2.42. The summed E-state index contributed by atoms with van der Waals surface area (Å²) in [4.78, 5) is 28.0. The molecule has 160 valence electrons. The van der Waals surface area contributed by atoms with Gasteiger partial charge < -0.3 is 14.2 Å². The van der Waals surface area contributed by atoms with Gasteiger partial charge in [0.05, 0.1) is 7.11 Å². The highest BCUT2D eigenvalue weighted by Gasteiger charge is 2.42. The maximum Gasteiger partial charge on any atom is 0.274 e. The fraction of sp³-hybridized carbons (Fsp3) is 0.375. The average molecular weight is 418 g/mol. The standard InChI is InChI=1S/C24H26N4O3/c1-26-10-9-20(25-26)24(30)27-14-17-13-18(15-27)22(28-21(17)7-4-8-23(28)29)12-16-5-3-6-19(11-16)31-2/h3-11,17-18,22H,12-15H2,1-2H3/t17-,18+,22+/m1/s1. The van der Waals surface area contributed by atoms with Crippen LogP contribution < -0.4 is 10.3 Å². The van der Waals surface area contributed by atoms with Crippen molar-refractivity contribution in [1.82, 2.24) is 19.2 Å². The molecule has 7 heteroatoms. The molecular formula is C24H26N4O3. The number of methoxy groups -OCH3 is 1. The number of fused-ring (bicyclic) bond motifs is 4. The van der Waals surface area contributed by atoms with E-state index in [1.165, 1.54) is 0 Å². The lowest BCUT2D eigenvalue weighted by Gasteiger charge is -2.47. The van der Waals surface area contributed by atoms with Crippen LogP contribution in [0.15, 0.2) is 59.5 Å². The summed E-state index contributed by atoms with van der Waals surface area (Å²) in [6, 6.07) is 15.3. The molecule has 3 atom stereocenters. The van der Waals surface area contributed by atoms with E-state index in [1.807, 2.05) is 46.8 Å². The van der Waals surface area contributed by atoms with E-state index in [9.17, 15) is 9.59 Å². The number of likely N-dealkylation sites (tertiary alicyclic amines) is 1. The van der Waals surface area contributed by atoms with Crippen molar-refractivity contribution in [2.24, 2.45) is 13.0 Å². The number of hydrogen-bond donors (Lipinski definition) is 0. The van der Waals surface area contributed by atoms with Gasteiger partial charge in [0, 0.05) is 50.1 Å². The largest absolute Gasteiger partial charge is 0.497 e. The highest BCUT2D eigenvalue weighted by atomic mass is 16.5. The first kappa shape index (κ1) is 19.6. The van der Waals surface area contributed by atoms with Crippen molar-refractivity contribution in [3.63, 3.8) is 0 Å². The van der Waals surface area contributed by atoms with Crippen molar-refractivity contribution in [1.29, 1.82) is 0 Å². The number of benzene rings is 1. The van der Waals surface area contributed by atoms with Crippen molar-refractivity contribution in [2.45, 2.75) is 24.8 Å². The zero-order valence-corrected chi connectivity index (χ0v) is 17.8. The van der Waals surface area contributed by atoms with Gasteiger partial charge in [-0.05, 0) is 48.6 Å². The number of carbonyl (C=O) groups excluding carboxylic acids is 1. The summed E-state index contributed by atoms with van der Waals surface area (Å²) in [5.74, 6) is 1.12. The normalized spacial score (nSPS) is 22.1. The van der Waals surface area contributed by atoms with Crippen LogP contribution in [-0.4, -0.2) is 45.4 Å². The highest BCUT2D eigenvalue weighted by molar-refractivity contribution is 5.92. The Balaban J connectivity index is 1.51. The van der Waals surface area contributed by atoms with Gasteiger partial charge in [-0.2, -0.15) is 5.10 Å². The van der Waals surface area contributed by atoms with Gasteiger partial charge in [-0.1, -0.05) is 18.2 Å². The SMILES string of the molecule is COc1cccc(C[C@H]2[C@H]3C[C@H](CN(C(=O)c4ccn(C)n4)C3)c3cccc(=O)n32)c1. The van der Waals surface area contributed by atoms with Crippen LogP contribution in [0.1, 0.15) is 40.1 Å². The first-order valence-electron chi connectivity index (χ1n) is 10.7. The van der Waals surface area contributed by atoms with E-state index < -0.39 is 0 Å². The lowest BCUT2D eigenvalue weighted by atomic mass is 9.76. The van der Waals surface area contributed by atoms with Gasteiger partial charge in [0.15, 0.2) is 0 Å². The van der Waals surface area contributed by atoms with Gasteiger partial charge in [-0.15, -0.1) is 0 Å². The number of nitrogens with zero attached hydrogens (tertiary/aromatic N) is 4. The van der Waals surface area contributed by atoms with Gasteiger partial charge >= 0.3 is 0 Å². The summed E-state index contributed by atoms with van der Waals surface area (Å²) in [5.41, 5.74) is 2.65. The van der Waals surface area contributed by atoms with Crippen LogP contribution in [-0.2, 0) is 13.5 Å². The molecule has 0 spiro atoms. The molecule has 4 heterocycles. The van der Waals surface area contributed by atoms with Crippen molar-refractivity contribution < 1.29 is 9.53 Å². The van der Waals surface area contributed by atoms with Crippen molar-refractivity contribution in [2.75, 3.05) is 20.2 Å². The number of aryl methyl sites for hydroxylation is 1. The van der Waals surface area contributed by atoms with Gasteiger partial charge in [0.25, 0.3) is 11.5 Å². The van der Waals surface area contributed by atoms with Crippen LogP contribution in [0.25, 0.3) is 0 Å². The van der Waals surface area contributed by atoms with Gasteiger partial charge in [-0.25, -0.2) is 0 Å². The molecule has 0 unspecified atom stereocenters. The molecular weight excluding hydrogens is 392 g/mol. The number of piperidine rings is 1. The molecule has 0 aliphatic carbocycles. The Bertz CT molecular complexity index is 1180. The number of ether oxygens (including phenoxy) is 1. The molecule has 2 aliphatic heterocycles. The molecule has 2 aliphatic rings.